The molecule has 0 bridgehead atoms. The highest BCUT2D eigenvalue weighted by Crippen LogP contribution is 2.39. The molecule has 3 rings (SSSR count). The number of rotatable bonds is 8. The van der Waals surface area contributed by atoms with Crippen LogP contribution in [0.5, 0.6) is 0 Å². The summed E-state index contributed by atoms with van der Waals surface area (Å²) in [6, 6.07) is 0. The third-order valence-corrected chi connectivity index (χ3v) is 4.65. The topological polar surface area (TPSA) is 58.9 Å². The molecule has 0 radical (unpaired) electrons. The minimum absolute atomic E-state index is 0.551. The van der Waals surface area contributed by atoms with Gasteiger partial charge in [0.2, 0.25) is 0 Å². The van der Waals surface area contributed by atoms with Gasteiger partial charge in [0.25, 0.3) is 0 Å². The van der Waals surface area contributed by atoms with Gasteiger partial charge in [-0.05, 0) is 45.8 Å². The van der Waals surface area contributed by atoms with E-state index < -0.39 is 0 Å². The molecule has 0 saturated heterocycles. The van der Waals surface area contributed by atoms with E-state index in [2.05, 4.69) is 29.2 Å². The van der Waals surface area contributed by atoms with Crippen LogP contribution in [0.4, 0.5) is 5.82 Å². The van der Waals surface area contributed by atoms with Crippen molar-refractivity contribution in [2.75, 3.05) is 31.5 Å². The number of nitrogens with zero attached hydrogens (tertiary/aromatic N) is 5. The molecular weight excluding hydrogens is 288 g/mol. The van der Waals surface area contributed by atoms with Crippen molar-refractivity contribution >= 4 is 16.9 Å². The Morgan fingerprint density at radius 2 is 1.96 bits per heavy atom. The molecule has 2 aromatic rings. The van der Waals surface area contributed by atoms with Crippen LogP contribution in [0.2, 0.25) is 0 Å². The van der Waals surface area contributed by atoms with Crippen LogP contribution in [-0.2, 0) is 7.05 Å². The monoisotopic (exact) mass is 316 g/mol. The number of aromatic nitrogens is 4. The van der Waals surface area contributed by atoms with Gasteiger partial charge >= 0.3 is 0 Å². The van der Waals surface area contributed by atoms with E-state index in [-0.39, 0.29) is 0 Å². The summed E-state index contributed by atoms with van der Waals surface area (Å²) in [4.78, 5) is 12.0. The maximum Gasteiger partial charge on any atom is 0.156 e. The van der Waals surface area contributed by atoms with E-state index in [1.165, 1.54) is 12.8 Å². The van der Waals surface area contributed by atoms with Gasteiger partial charge in [-0.15, -0.1) is 0 Å². The molecule has 0 amide bonds. The molecule has 1 N–H and O–H groups in total. The van der Waals surface area contributed by atoms with Crippen LogP contribution in [0.3, 0.4) is 0 Å². The molecule has 6 nitrogen and oxygen atoms in total. The van der Waals surface area contributed by atoms with Crippen molar-refractivity contribution in [3.8, 4) is 0 Å². The van der Waals surface area contributed by atoms with Crippen LogP contribution in [0.15, 0.2) is 0 Å². The highest BCUT2D eigenvalue weighted by molar-refractivity contribution is 5.87. The molecule has 6 heteroatoms. The molecule has 1 aliphatic rings. The minimum atomic E-state index is 0.551. The highest BCUT2D eigenvalue weighted by Gasteiger charge is 2.28. The van der Waals surface area contributed by atoms with E-state index in [0.29, 0.717) is 5.92 Å². The zero-order valence-corrected chi connectivity index (χ0v) is 14.8. The summed E-state index contributed by atoms with van der Waals surface area (Å²) in [5.41, 5.74) is 3.00. The fraction of sp³-hybridized carbons (Fsp3) is 0.706. The van der Waals surface area contributed by atoms with Crippen molar-refractivity contribution in [2.45, 2.75) is 46.0 Å². The fourth-order valence-corrected chi connectivity index (χ4v) is 3.05. The van der Waals surface area contributed by atoms with E-state index in [1.807, 2.05) is 18.7 Å². The molecule has 2 heterocycles. The number of nitrogens with one attached hydrogen (secondary N) is 1. The fourth-order valence-electron chi connectivity index (χ4n) is 3.05. The molecule has 23 heavy (non-hydrogen) atoms. The Morgan fingerprint density at radius 1 is 1.22 bits per heavy atom. The molecule has 1 saturated carbocycles. The molecule has 126 valence electrons. The normalized spacial score (nSPS) is 14.8. The van der Waals surface area contributed by atoms with Crippen molar-refractivity contribution in [1.29, 1.82) is 0 Å². The second kappa shape index (κ2) is 6.83. The van der Waals surface area contributed by atoms with Gasteiger partial charge < -0.3 is 10.2 Å². The maximum absolute atomic E-state index is 4.80. The number of anilines is 1. The molecule has 0 aromatic carbocycles. The largest absolute Gasteiger partial charge is 0.368 e. The number of aryl methyl sites for hydroxylation is 2. The Balaban J connectivity index is 1.76. The van der Waals surface area contributed by atoms with E-state index in [0.717, 1.165) is 61.0 Å². The average Bonchev–Trinajstić information content (AvgIpc) is 3.35. The lowest BCUT2D eigenvalue weighted by Crippen LogP contribution is -2.25. The summed E-state index contributed by atoms with van der Waals surface area (Å²) in [6.45, 7) is 10.7. The predicted octanol–water partition coefficient (Wildman–Crippen LogP) is 2.69. The van der Waals surface area contributed by atoms with Crippen molar-refractivity contribution in [2.24, 2.45) is 7.05 Å². The summed E-state index contributed by atoms with van der Waals surface area (Å²) >= 11 is 0. The van der Waals surface area contributed by atoms with Gasteiger partial charge in [-0.25, -0.2) is 9.97 Å². The lowest BCUT2D eigenvalue weighted by atomic mass is 10.3. The minimum Gasteiger partial charge on any atom is -0.368 e. The number of hydrogen-bond acceptors (Lipinski definition) is 5. The van der Waals surface area contributed by atoms with Gasteiger partial charge in [-0.1, -0.05) is 13.8 Å². The van der Waals surface area contributed by atoms with Crippen molar-refractivity contribution in [3.63, 3.8) is 0 Å². The second-order valence-corrected chi connectivity index (χ2v) is 6.42. The number of hydrogen-bond donors (Lipinski definition) is 1. The van der Waals surface area contributed by atoms with Crippen molar-refractivity contribution in [1.82, 2.24) is 24.6 Å². The third kappa shape index (κ3) is 3.47. The molecule has 2 aromatic heterocycles. The van der Waals surface area contributed by atoms with Crippen LogP contribution in [-0.4, -0.2) is 50.8 Å². The lowest BCUT2D eigenvalue weighted by Gasteiger charge is -2.18. The van der Waals surface area contributed by atoms with Crippen LogP contribution < -0.4 is 5.32 Å². The smallest absolute Gasteiger partial charge is 0.156 e. The SMILES string of the molecule is CCN(CC)CCCNc1nc(C2CC2)nc2c(C)nn(C)c12. The summed E-state index contributed by atoms with van der Waals surface area (Å²) in [5, 5.41) is 8.05. The van der Waals surface area contributed by atoms with Crippen LogP contribution in [0, 0.1) is 6.92 Å². The Kier molecular flexibility index (Phi) is 4.80. The van der Waals surface area contributed by atoms with Gasteiger partial charge in [0.1, 0.15) is 16.9 Å². The molecule has 1 fully saturated rings. The first-order valence-electron chi connectivity index (χ1n) is 8.81. The third-order valence-electron chi connectivity index (χ3n) is 4.65. The first-order valence-corrected chi connectivity index (χ1v) is 8.81. The van der Waals surface area contributed by atoms with E-state index in [4.69, 9.17) is 9.97 Å². The molecule has 0 spiro atoms. The second-order valence-electron chi connectivity index (χ2n) is 6.42. The summed E-state index contributed by atoms with van der Waals surface area (Å²) < 4.78 is 1.90. The standard InChI is InChI=1S/C17H28N6/c1-5-23(6-2)11-7-10-18-17-15-14(12(3)21-22(15)4)19-16(20-17)13-8-9-13/h13H,5-11H2,1-4H3,(H,18,19,20). The predicted molar refractivity (Wildman–Crippen MR) is 93.9 cm³/mol. The first kappa shape index (κ1) is 16.2. The van der Waals surface area contributed by atoms with Crippen LogP contribution in [0.25, 0.3) is 11.0 Å². The molecule has 0 unspecified atom stereocenters. The van der Waals surface area contributed by atoms with Gasteiger partial charge in [0.15, 0.2) is 5.82 Å². The van der Waals surface area contributed by atoms with Gasteiger partial charge in [-0.2, -0.15) is 5.10 Å². The molecular formula is C17H28N6. The Bertz CT molecular complexity index is 669. The quantitative estimate of drug-likeness (QED) is 0.759. The van der Waals surface area contributed by atoms with Crippen LogP contribution in [0.1, 0.15) is 50.5 Å². The average molecular weight is 316 g/mol. The summed E-state index contributed by atoms with van der Waals surface area (Å²) in [5.74, 6) is 2.48. The lowest BCUT2D eigenvalue weighted by molar-refractivity contribution is 0.303. The Hall–Kier alpha value is -1.69. The Morgan fingerprint density at radius 3 is 2.61 bits per heavy atom. The maximum atomic E-state index is 4.80. The zero-order valence-electron chi connectivity index (χ0n) is 14.8. The van der Waals surface area contributed by atoms with Gasteiger partial charge in [0.05, 0.1) is 5.69 Å². The van der Waals surface area contributed by atoms with Gasteiger partial charge in [0, 0.05) is 19.5 Å². The molecule has 1 aliphatic carbocycles. The molecule has 0 atom stereocenters. The van der Waals surface area contributed by atoms with Crippen molar-refractivity contribution < 1.29 is 0 Å². The van der Waals surface area contributed by atoms with Gasteiger partial charge in [-0.3, -0.25) is 4.68 Å². The highest BCUT2D eigenvalue weighted by atomic mass is 15.3. The summed E-state index contributed by atoms with van der Waals surface area (Å²) in [7, 11) is 1.97. The van der Waals surface area contributed by atoms with Crippen molar-refractivity contribution in [3.05, 3.63) is 11.5 Å². The Labute approximate surface area is 138 Å². The zero-order chi connectivity index (χ0) is 16.4. The van der Waals surface area contributed by atoms with E-state index in [1.54, 1.807) is 0 Å². The first-order chi connectivity index (χ1) is 11.1. The number of fused-ring (bicyclic) bond motifs is 1. The van der Waals surface area contributed by atoms with Crippen LogP contribution >= 0.6 is 0 Å². The summed E-state index contributed by atoms with van der Waals surface area (Å²) in [6.07, 6.45) is 3.54. The van der Waals surface area contributed by atoms with E-state index in [9.17, 15) is 0 Å². The molecule has 0 aliphatic heterocycles. The van der Waals surface area contributed by atoms with E-state index >= 15 is 0 Å².